The zero-order chi connectivity index (χ0) is 16.1. The molecule has 0 aliphatic heterocycles. The van der Waals surface area contributed by atoms with Crippen molar-refractivity contribution < 1.29 is 9.84 Å². The number of hydrogen-bond donors (Lipinski definition) is 3. The molecule has 3 aromatic rings. The summed E-state index contributed by atoms with van der Waals surface area (Å²) in [5.41, 5.74) is 1.70. The molecule has 0 aliphatic carbocycles. The van der Waals surface area contributed by atoms with Crippen LogP contribution in [0.15, 0.2) is 48.5 Å². The van der Waals surface area contributed by atoms with Crippen LogP contribution in [-0.4, -0.2) is 35.3 Å². The Balaban J connectivity index is 1.93. The highest BCUT2D eigenvalue weighted by Gasteiger charge is 2.07. The van der Waals surface area contributed by atoms with Gasteiger partial charge in [-0.2, -0.15) is 4.98 Å². The highest BCUT2D eigenvalue weighted by Crippen LogP contribution is 2.24. The molecule has 1 heterocycles. The van der Waals surface area contributed by atoms with Gasteiger partial charge in [-0.05, 0) is 36.4 Å². The summed E-state index contributed by atoms with van der Waals surface area (Å²) in [5, 5.41) is 16.2. The van der Waals surface area contributed by atoms with E-state index in [0.717, 1.165) is 22.3 Å². The SMILES string of the molecule is COc1ccc(Nc2nc(NCCO)c3ccccc3n2)cc1. The number of nitrogens with zero attached hydrogens (tertiary/aromatic N) is 2. The van der Waals surface area contributed by atoms with Crippen LogP contribution in [0.3, 0.4) is 0 Å². The van der Waals surface area contributed by atoms with Gasteiger partial charge in [0.1, 0.15) is 11.6 Å². The quantitative estimate of drug-likeness (QED) is 0.650. The first kappa shape index (κ1) is 15.1. The number of anilines is 3. The monoisotopic (exact) mass is 310 g/mol. The molecule has 3 N–H and O–H groups in total. The van der Waals surface area contributed by atoms with Crippen molar-refractivity contribution in [3.05, 3.63) is 48.5 Å². The number of rotatable bonds is 6. The number of methoxy groups -OCH3 is 1. The van der Waals surface area contributed by atoms with Crippen LogP contribution < -0.4 is 15.4 Å². The van der Waals surface area contributed by atoms with Gasteiger partial charge < -0.3 is 20.5 Å². The normalized spacial score (nSPS) is 10.5. The summed E-state index contributed by atoms with van der Waals surface area (Å²) in [7, 11) is 1.63. The maximum atomic E-state index is 9.02. The van der Waals surface area contributed by atoms with Gasteiger partial charge in [0.05, 0.1) is 19.2 Å². The van der Waals surface area contributed by atoms with E-state index in [4.69, 9.17) is 9.84 Å². The number of para-hydroxylation sites is 1. The smallest absolute Gasteiger partial charge is 0.229 e. The van der Waals surface area contributed by atoms with Crippen LogP contribution in [0.4, 0.5) is 17.5 Å². The van der Waals surface area contributed by atoms with Crippen molar-refractivity contribution in [1.82, 2.24) is 9.97 Å². The van der Waals surface area contributed by atoms with Crippen molar-refractivity contribution in [2.45, 2.75) is 0 Å². The molecule has 0 spiro atoms. The second kappa shape index (κ2) is 6.93. The zero-order valence-electron chi connectivity index (χ0n) is 12.8. The average molecular weight is 310 g/mol. The lowest BCUT2D eigenvalue weighted by Crippen LogP contribution is -2.09. The van der Waals surface area contributed by atoms with Crippen molar-refractivity contribution in [2.24, 2.45) is 0 Å². The summed E-state index contributed by atoms with van der Waals surface area (Å²) in [6.07, 6.45) is 0. The third-order valence-electron chi connectivity index (χ3n) is 3.35. The van der Waals surface area contributed by atoms with E-state index in [1.54, 1.807) is 7.11 Å². The number of fused-ring (bicyclic) bond motifs is 1. The van der Waals surface area contributed by atoms with Crippen LogP contribution >= 0.6 is 0 Å². The fourth-order valence-corrected chi connectivity index (χ4v) is 2.25. The minimum absolute atomic E-state index is 0.0412. The Labute approximate surface area is 134 Å². The Kier molecular flexibility index (Phi) is 4.54. The average Bonchev–Trinajstić information content (AvgIpc) is 2.60. The molecule has 0 aliphatic rings. The Morgan fingerprint density at radius 3 is 2.57 bits per heavy atom. The minimum Gasteiger partial charge on any atom is -0.497 e. The Morgan fingerprint density at radius 1 is 1.04 bits per heavy atom. The van der Waals surface area contributed by atoms with Crippen LogP contribution in [0.1, 0.15) is 0 Å². The molecule has 1 aromatic heterocycles. The van der Waals surface area contributed by atoms with E-state index in [2.05, 4.69) is 20.6 Å². The van der Waals surface area contributed by atoms with Crippen LogP contribution in [0.25, 0.3) is 10.9 Å². The Hall–Kier alpha value is -2.86. The van der Waals surface area contributed by atoms with Crippen LogP contribution in [0, 0.1) is 0 Å². The molecule has 0 atom stereocenters. The van der Waals surface area contributed by atoms with E-state index < -0.39 is 0 Å². The Morgan fingerprint density at radius 2 is 1.83 bits per heavy atom. The molecule has 0 radical (unpaired) electrons. The van der Waals surface area contributed by atoms with Crippen LogP contribution in [0.2, 0.25) is 0 Å². The summed E-state index contributed by atoms with van der Waals surface area (Å²) in [4.78, 5) is 9.03. The third kappa shape index (κ3) is 3.49. The van der Waals surface area contributed by atoms with Gasteiger partial charge in [-0.1, -0.05) is 12.1 Å². The highest BCUT2D eigenvalue weighted by molar-refractivity contribution is 5.90. The summed E-state index contributed by atoms with van der Waals surface area (Å²) in [5.74, 6) is 1.98. The Bertz CT molecular complexity index is 790. The molecule has 2 aromatic carbocycles. The van der Waals surface area contributed by atoms with Gasteiger partial charge in [0.25, 0.3) is 0 Å². The first-order valence-electron chi connectivity index (χ1n) is 7.33. The predicted molar refractivity (Wildman–Crippen MR) is 91.4 cm³/mol. The lowest BCUT2D eigenvalue weighted by atomic mass is 10.2. The molecule has 0 unspecified atom stereocenters. The topological polar surface area (TPSA) is 79.3 Å². The number of hydrogen-bond acceptors (Lipinski definition) is 6. The molecule has 6 nitrogen and oxygen atoms in total. The van der Waals surface area contributed by atoms with E-state index >= 15 is 0 Å². The van der Waals surface area contributed by atoms with Crippen molar-refractivity contribution in [2.75, 3.05) is 30.9 Å². The van der Waals surface area contributed by atoms with E-state index in [0.29, 0.717) is 18.3 Å². The molecular formula is C17H18N4O2. The second-order valence-electron chi connectivity index (χ2n) is 4.92. The predicted octanol–water partition coefficient (Wildman–Crippen LogP) is 2.79. The first-order chi connectivity index (χ1) is 11.3. The molecular weight excluding hydrogens is 292 g/mol. The van der Waals surface area contributed by atoms with Gasteiger partial charge in [-0.3, -0.25) is 0 Å². The number of aliphatic hydroxyl groups is 1. The summed E-state index contributed by atoms with van der Waals surface area (Å²) >= 11 is 0. The van der Waals surface area contributed by atoms with Crippen LogP contribution in [0.5, 0.6) is 5.75 Å². The third-order valence-corrected chi connectivity index (χ3v) is 3.35. The van der Waals surface area contributed by atoms with Gasteiger partial charge in [0.15, 0.2) is 0 Å². The fourth-order valence-electron chi connectivity index (χ4n) is 2.25. The van der Waals surface area contributed by atoms with Crippen molar-refractivity contribution in [1.29, 1.82) is 0 Å². The van der Waals surface area contributed by atoms with Crippen molar-refractivity contribution in [3.8, 4) is 5.75 Å². The molecule has 0 saturated carbocycles. The minimum atomic E-state index is 0.0412. The number of nitrogens with one attached hydrogen (secondary N) is 2. The molecule has 0 amide bonds. The summed E-state index contributed by atoms with van der Waals surface area (Å²) in [6.45, 7) is 0.475. The molecule has 118 valence electrons. The first-order valence-corrected chi connectivity index (χ1v) is 7.33. The molecule has 23 heavy (non-hydrogen) atoms. The lowest BCUT2D eigenvalue weighted by molar-refractivity contribution is 0.311. The van der Waals surface area contributed by atoms with Gasteiger partial charge >= 0.3 is 0 Å². The van der Waals surface area contributed by atoms with Gasteiger partial charge in [0.2, 0.25) is 5.95 Å². The van der Waals surface area contributed by atoms with Crippen LogP contribution in [-0.2, 0) is 0 Å². The van der Waals surface area contributed by atoms with E-state index in [1.807, 2.05) is 48.5 Å². The number of aromatic nitrogens is 2. The van der Waals surface area contributed by atoms with Crippen molar-refractivity contribution >= 4 is 28.4 Å². The van der Waals surface area contributed by atoms with Gasteiger partial charge in [-0.15, -0.1) is 0 Å². The number of ether oxygens (including phenoxy) is 1. The molecule has 6 heteroatoms. The number of aliphatic hydroxyl groups excluding tert-OH is 1. The second-order valence-corrected chi connectivity index (χ2v) is 4.92. The van der Waals surface area contributed by atoms with E-state index in [-0.39, 0.29) is 6.61 Å². The molecule has 0 bridgehead atoms. The van der Waals surface area contributed by atoms with E-state index in [9.17, 15) is 0 Å². The lowest BCUT2D eigenvalue weighted by Gasteiger charge is -2.11. The van der Waals surface area contributed by atoms with E-state index in [1.165, 1.54) is 0 Å². The molecule has 0 fully saturated rings. The van der Waals surface area contributed by atoms with Crippen molar-refractivity contribution in [3.63, 3.8) is 0 Å². The number of benzene rings is 2. The standard InChI is InChI=1S/C17H18N4O2/c1-23-13-8-6-12(7-9-13)19-17-20-15-5-3-2-4-14(15)16(21-17)18-10-11-22/h2-9,22H,10-11H2,1H3,(H2,18,19,20,21). The fraction of sp³-hybridized carbons (Fsp3) is 0.176. The maximum absolute atomic E-state index is 9.02. The maximum Gasteiger partial charge on any atom is 0.229 e. The van der Waals surface area contributed by atoms with Gasteiger partial charge in [-0.25, -0.2) is 4.98 Å². The molecule has 3 rings (SSSR count). The zero-order valence-corrected chi connectivity index (χ0v) is 12.8. The largest absolute Gasteiger partial charge is 0.497 e. The van der Waals surface area contributed by atoms with Gasteiger partial charge in [0, 0.05) is 17.6 Å². The highest BCUT2D eigenvalue weighted by atomic mass is 16.5. The molecule has 0 saturated heterocycles. The summed E-state index contributed by atoms with van der Waals surface area (Å²) < 4.78 is 5.15. The summed E-state index contributed by atoms with van der Waals surface area (Å²) in [6, 6.07) is 15.3.